The lowest BCUT2D eigenvalue weighted by atomic mass is 10.0. The molecule has 0 saturated carbocycles. The molecular weight excluding hydrogens is 428 g/mol. The van der Waals surface area contributed by atoms with Crippen molar-refractivity contribution in [3.05, 3.63) is 65.4 Å². The van der Waals surface area contributed by atoms with Crippen molar-refractivity contribution in [2.75, 3.05) is 25.1 Å². The Morgan fingerprint density at radius 1 is 1.25 bits per heavy atom. The summed E-state index contributed by atoms with van der Waals surface area (Å²) < 4.78 is 8.48. The number of nitrogens with one attached hydrogen (secondary N) is 1. The van der Waals surface area contributed by atoms with E-state index < -0.39 is 6.04 Å². The van der Waals surface area contributed by atoms with Crippen LogP contribution in [0.1, 0.15) is 16.7 Å². The number of carbonyl (C=O) groups excluding carboxylic acids is 1. The Bertz CT molecular complexity index is 1190. The van der Waals surface area contributed by atoms with E-state index >= 15 is 0 Å². The number of anilines is 1. The molecule has 32 heavy (non-hydrogen) atoms. The summed E-state index contributed by atoms with van der Waals surface area (Å²) in [6.45, 7) is 3.25. The molecular formula is C24H23ClN4O3. The fourth-order valence-corrected chi connectivity index (χ4v) is 3.62. The highest BCUT2D eigenvalue weighted by Crippen LogP contribution is 2.31. The molecule has 1 fully saturated rings. The topological polar surface area (TPSA) is 79.6 Å². The quantitative estimate of drug-likeness (QED) is 0.473. The number of aromatic nitrogens is 2. The number of amides is 1. The maximum absolute atomic E-state index is 12.4. The number of aryl methyl sites for hydroxylation is 2. The summed E-state index contributed by atoms with van der Waals surface area (Å²) in [5.74, 6) is 6.22. The number of halogens is 1. The molecule has 0 aliphatic carbocycles. The van der Waals surface area contributed by atoms with Crippen LogP contribution in [-0.2, 0) is 16.6 Å². The summed E-state index contributed by atoms with van der Waals surface area (Å²) in [4.78, 5) is 12.4. The van der Waals surface area contributed by atoms with E-state index in [0.29, 0.717) is 35.7 Å². The van der Waals surface area contributed by atoms with Gasteiger partial charge in [-0.25, -0.2) is 4.42 Å². The first-order valence-corrected chi connectivity index (χ1v) is 10.5. The predicted octanol–water partition coefficient (Wildman–Crippen LogP) is 3.29. The Morgan fingerprint density at radius 2 is 2.03 bits per heavy atom. The second kappa shape index (κ2) is 9.45. The highest BCUT2D eigenvalue weighted by atomic mass is 35.5. The molecule has 1 aliphatic rings. The van der Waals surface area contributed by atoms with E-state index in [0.717, 1.165) is 11.1 Å². The molecule has 0 bridgehead atoms. The summed E-state index contributed by atoms with van der Waals surface area (Å²) in [5, 5.41) is 17.6. The lowest BCUT2D eigenvalue weighted by Gasteiger charge is -2.28. The molecule has 0 radical (unpaired) electrons. The molecule has 4 rings (SSSR count). The molecule has 3 aromatic rings. The number of morpholine rings is 1. The van der Waals surface area contributed by atoms with Crippen molar-refractivity contribution in [1.29, 1.82) is 0 Å². The van der Waals surface area contributed by atoms with Gasteiger partial charge in [0.05, 0.1) is 18.8 Å². The summed E-state index contributed by atoms with van der Waals surface area (Å²) in [6, 6.07) is 12.1. The van der Waals surface area contributed by atoms with E-state index in [1.807, 2.05) is 44.4 Å². The first-order valence-electron chi connectivity index (χ1n) is 10.2. The van der Waals surface area contributed by atoms with Crippen molar-refractivity contribution in [2.24, 2.45) is 7.05 Å². The molecule has 0 spiro atoms. The molecule has 2 N–H and O–H groups in total. The number of nitrogens with zero attached hydrogens (tertiary/aromatic N) is 3. The van der Waals surface area contributed by atoms with Crippen LogP contribution in [0.4, 0.5) is 5.69 Å². The van der Waals surface area contributed by atoms with Gasteiger partial charge in [-0.1, -0.05) is 23.5 Å². The number of phenols is 1. The van der Waals surface area contributed by atoms with Crippen LogP contribution in [0.25, 0.3) is 11.3 Å². The third-order valence-corrected chi connectivity index (χ3v) is 5.50. The van der Waals surface area contributed by atoms with Crippen LogP contribution in [0.5, 0.6) is 5.75 Å². The average Bonchev–Trinajstić information content (AvgIpc) is 3.15. The van der Waals surface area contributed by atoms with Gasteiger partial charge in [0.25, 0.3) is 0 Å². The molecule has 1 saturated heterocycles. The van der Waals surface area contributed by atoms with Gasteiger partial charge in [0.2, 0.25) is 5.91 Å². The number of aromatic hydroxyl groups is 1. The molecule has 164 valence electrons. The zero-order chi connectivity index (χ0) is 22.7. The normalized spacial score (nSPS) is 16.3. The zero-order valence-electron chi connectivity index (χ0n) is 17.8. The van der Waals surface area contributed by atoms with E-state index in [1.54, 1.807) is 22.9 Å². The number of phenolic OH excluding ortho intramolecular Hbond substituents is 1. The standard InChI is InChI=1S/C24H23ClN4O3/c1-16-3-10-22(30)20(13-16)23-18(14-28(2)27-23)7-4-17-5-8-19(9-6-17)26-24(31)21-15-32-12-11-29(21)25/h3,5-6,8-10,13-14,21,30H,11-12,15H2,1-2H3,(H,26,31). The predicted molar refractivity (Wildman–Crippen MR) is 123 cm³/mol. The van der Waals surface area contributed by atoms with Gasteiger partial charge in [0.1, 0.15) is 17.5 Å². The Balaban J connectivity index is 1.50. The minimum atomic E-state index is -0.521. The lowest BCUT2D eigenvalue weighted by molar-refractivity contribution is -0.123. The van der Waals surface area contributed by atoms with Crippen LogP contribution in [-0.4, -0.2) is 51.0 Å². The molecule has 8 heteroatoms. The van der Waals surface area contributed by atoms with Crippen LogP contribution in [0.2, 0.25) is 0 Å². The Hall–Kier alpha value is -3.31. The van der Waals surface area contributed by atoms with Crippen LogP contribution < -0.4 is 5.32 Å². The van der Waals surface area contributed by atoms with Crippen molar-refractivity contribution < 1.29 is 14.6 Å². The SMILES string of the molecule is Cc1ccc(O)c(-c2nn(C)cc2C#Cc2ccc(NC(=O)C3COCCN3Cl)cc2)c1. The second-order valence-corrected chi connectivity index (χ2v) is 8.05. The fraction of sp³-hybridized carbons (Fsp3) is 0.250. The maximum atomic E-state index is 12.4. The van der Waals surface area contributed by atoms with E-state index in [9.17, 15) is 9.90 Å². The van der Waals surface area contributed by atoms with Gasteiger partial charge >= 0.3 is 0 Å². The summed E-state index contributed by atoms with van der Waals surface area (Å²) in [5.41, 5.74) is 4.45. The molecule has 1 aromatic heterocycles. The number of hydrogen-bond donors (Lipinski definition) is 2. The van der Waals surface area contributed by atoms with Crippen molar-refractivity contribution in [2.45, 2.75) is 13.0 Å². The summed E-state index contributed by atoms with van der Waals surface area (Å²) in [7, 11) is 1.82. The van der Waals surface area contributed by atoms with E-state index in [-0.39, 0.29) is 18.3 Å². The van der Waals surface area contributed by atoms with E-state index in [4.69, 9.17) is 16.5 Å². The van der Waals surface area contributed by atoms with Gasteiger partial charge in [-0.15, -0.1) is 0 Å². The fourth-order valence-electron chi connectivity index (χ4n) is 3.41. The van der Waals surface area contributed by atoms with Crippen molar-refractivity contribution in [3.8, 4) is 28.8 Å². The van der Waals surface area contributed by atoms with Crippen LogP contribution >= 0.6 is 11.8 Å². The molecule has 1 amide bonds. The molecule has 1 unspecified atom stereocenters. The van der Waals surface area contributed by atoms with Gasteiger partial charge in [0, 0.05) is 36.6 Å². The largest absolute Gasteiger partial charge is 0.507 e. The highest BCUT2D eigenvalue weighted by molar-refractivity contribution is 6.15. The number of ether oxygens (including phenoxy) is 1. The van der Waals surface area contributed by atoms with Crippen LogP contribution in [0.3, 0.4) is 0 Å². The van der Waals surface area contributed by atoms with Crippen molar-refractivity contribution in [1.82, 2.24) is 14.2 Å². The highest BCUT2D eigenvalue weighted by Gasteiger charge is 2.28. The molecule has 1 aliphatic heterocycles. The monoisotopic (exact) mass is 450 g/mol. The third-order valence-electron chi connectivity index (χ3n) is 5.10. The molecule has 7 nitrogen and oxygen atoms in total. The zero-order valence-corrected chi connectivity index (χ0v) is 18.6. The summed E-state index contributed by atoms with van der Waals surface area (Å²) >= 11 is 6.10. The minimum Gasteiger partial charge on any atom is -0.507 e. The summed E-state index contributed by atoms with van der Waals surface area (Å²) in [6.07, 6.45) is 1.82. The number of carbonyl (C=O) groups is 1. The van der Waals surface area contributed by atoms with Gasteiger partial charge < -0.3 is 15.2 Å². The van der Waals surface area contributed by atoms with Crippen molar-refractivity contribution in [3.63, 3.8) is 0 Å². The molecule has 1 atom stereocenters. The van der Waals surface area contributed by atoms with E-state index in [1.165, 1.54) is 4.42 Å². The first kappa shape index (κ1) is 21.9. The Labute approximate surface area is 191 Å². The Morgan fingerprint density at radius 3 is 2.78 bits per heavy atom. The van der Waals surface area contributed by atoms with Crippen molar-refractivity contribution >= 4 is 23.4 Å². The molecule has 2 aromatic carbocycles. The second-order valence-electron chi connectivity index (χ2n) is 7.62. The van der Waals surface area contributed by atoms with Gasteiger partial charge in [0.15, 0.2) is 0 Å². The van der Waals surface area contributed by atoms with Crippen LogP contribution in [0.15, 0.2) is 48.7 Å². The lowest BCUT2D eigenvalue weighted by Crippen LogP contribution is -2.47. The van der Waals surface area contributed by atoms with Gasteiger partial charge in [-0.3, -0.25) is 9.48 Å². The Kier molecular flexibility index (Phi) is 6.47. The van der Waals surface area contributed by atoms with E-state index in [2.05, 4.69) is 22.3 Å². The van der Waals surface area contributed by atoms with Gasteiger partial charge in [-0.2, -0.15) is 5.10 Å². The van der Waals surface area contributed by atoms with Crippen LogP contribution in [0, 0.1) is 18.8 Å². The minimum absolute atomic E-state index is 0.163. The smallest absolute Gasteiger partial charge is 0.245 e. The number of benzene rings is 2. The maximum Gasteiger partial charge on any atom is 0.245 e. The average molecular weight is 451 g/mol. The molecule has 2 heterocycles. The third kappa shape index (κ3) is 4.94. The number of rotatable bonds is 3. The van der Waals surface area contributed by atoms with Gasteiger partial charge in [-0.05, 0) is 55.1 Å². The first-order chi connectivity index (χ1) is 15.4. The number of hydrogen-bond acceptors (Lipinski definition) is 5.